The van der Waals surface area contributed by atoms with Gasteiger partial charge in [0, 0.05) is 17.1 Å². The summed E-state index contributed by atoms with van der Waals surface area (Å²) in [6, 6.07) is 7.76. The molecule has 0 atom stereocenters. The molecule has 0 aliphatic carbocycles. The van der Waals surface area contributed by atoms with Crippen LogP contribution in [0.2, 0.25) is 0 Å². The number of nitrogens with two attached hydrogens (primary N) is 1. The quantitative estimate of drug-likeness (QED) is 0.804. The van der Waals surface area contributed by atoms with E-state index in [1.54, 1.807) is 6.07 Å². The first-order valence-electron chi connectivity index (χ1n) is 5.41. The topological polar surface area (TPSA) is 61.0 Å². The van der Waals surface area contributed by atoms with Crippen molar-refractivity contribution in [2.45, 2.75) is 20.8 Å². The molecule has 2 N–H and O–H groups in total. The smallest absolute Gasteiger partial charge is 0.322 e. The lowest BCUT2D eigenvalue weighted by atomic mass is 10.2. The standard InChI is InChI=1S/C13H15N3O/c1-8-6-11(14)4-5-12(8)17-13-15-9(2)7-10(3)16-13/h4-7H,14H2,1-3H3. The minimum Gasteiger partial charge on any atom is -0.424 e. The van der Waals surface area contributed by atoms with Crippen molar-refractivity contribution in [3.05, 3.63) is 41.2 Å². The highest BCUT2D eigenvalue weighted by Gasteiger charge is 2.05. The first-order chi connectivity index (χ1) is 8.04. The Morgan fingerprint density at radius 2 is 1.65 bits per heavy atom. The Bertz CT molecular complexity index is 532. The van der Waals surface area contributed by atoms with Gasteiger partial charge in [-0.3, -0.25) is 0 Å². The molecule has 1 aromatic heterocycles. The van der Waals surface area contributed by atoms with Gasteiger partial charge in [-0.05, 0) is 50.6 Å². The van der Waals surface area contributed by atoms with Crippen LogP contribution in [0.3, 0.4) is 0 Å². The Morgan fingerprint density at radius 1 is 1.00 bits per heavy atom. The molecule has 2 aromatic rings. The fourth-order valence-corrected chi connectivity index (χ4v) is 1.62. The Hall–Kier alpha value is -2.10. The highest BCUT2D eigenvalue weighted by Crippen LogP contribution is 2.24. The lowest BCUT2D eigenvalue weighted by Crippen LogP contribution is -1.97. The molecule has 2 rings (SSSR count). The summed E-state index contributed by atoms with van der Waals surface area (Å²) in [5.41, 5.74) is 9.15. The number of rotatable bonds is 2. The van der Waals surface area contributed by atoms with Crippen LogP contribution >= 0.6 is 0 Å². The molecule has 1 heterocycles. The van der Waals surface area contributed by atoms with Crippen molar-refractivity contribution < 1.29 is 4.74 Å². The highest BCUT2D eigenvalue weighted by atomic mass is 16.5. The third-order valence-corrected chi connectivity index (χ3v) is 2.36. The Labute approximate surface area is 100 Å². The van der Waals surface area contributed by atoms with E-state index in [4.69, 9.17) is 10.5 Å². The fraction of sp³-hybridized carbons (Fsp3) is 0.231. The van der Waals surface area contributed by atoms with Crippen LogP contribution < -0.4 is 10.5 Å². The van der Waals surface area contributed by atoms with Gasteiger partial charge in [0.15, 0.2) is 0 Å². The lowest BCUT2D eigenvalue weighted by molar-refractivity contribution is 0.436. The zero-order valence-electron chi connectivity index (χ0n) is 10.2. The van der Waals surface area contributed by atoms with Crippen molar-refractivity contribution in [2.24, 2.45) is 0 Å². The van der Waals surface area contributed by atoms with Gasteiger partial charge < -0.3 is 10.5 Å². The molecule has 1 aromatic carbocycles. The molecule has 0 aliphatic rings. The molecule has 0 saturated carbocycles. The van der Waals surface area contributed by atoms with E-state index in [1.165, 1.54) is 0 Å². The van der Waals surface area contributed by atoms with Crippen molar-refractivity contribution >= 4 is 5.69 Å². The summed E-state index contributed by atoms with van der Waals surface area (Å²) in [6.07, 6.45) is 0. The van der Waals surface area contributed by atoms with Crippen LogP contribution in [0.25, 0.3) is 0 Å². The van der Waals surface area contributed by atoms with Gasteiger partial charge in [0.05, 0.1) is 0 Å². The summed E-state index contributed by atoms with van der Waals surface area (Å²) in [7, 11) is 0. The molecule has 17 heavy (non-hydrogen) atoms. The number of ether oxygens (including phenoxy) is 1. The molecule has 4 nitrogen and oxygen atoms in total. The van der Waals surface area contributed by atoms with E-state index in [9.17, 15) is 0 Å². The number of benzene rings is 1. The van der Waals surface area contributed by atoms with Gasteiger partial charge in [-0.15, -0.1) is 0 Å². The maximum atomic E-state index is 5.68. The normalized spacial score (nSPS) is 10.3. The molecule has 0 fully saturated rings. The number of anilines is 1. The van der Waals surface area contributed by atoms with Crippen molar-refractivity contribution in [3.8, 4) is 11.8 Å². The van der Waals surface area contributed by atoms with Crippen LogP contribution in [-0.4, -0.2) is 9.97 Å². The monoisotopic (exact) mass is 229 g/mol. The summed E-state index contributed by atoms with van der Waals surface area (Å²) in [5, 5.41) is 0. The maximum absolute atomic E-state index is 5.68. The number of nitrogen functional groups attached to an aromatic ring is 1. The average molecular weight is 229 g/mol. The van der Waals surface area contributed by atoms with Gasteiger partial charge in [0.25, 0.3) is 0 Å². The summed E-state index contributed by atoms with van der Waals surface area (Å²) in [5.74, 6) is 0.726. The van der Waals surface area contributed by atoms with E-state index in [2.05, 4.69) is 9.97 Å². The Morgan fingerprint density at radius 3 is 2.24 bits per heavy atom. The van der Waals surface area contributed by atoms with Crippen molar-refractivity contribution in [1.82, 2.24) is 9.97 Å². The molecule has 0 radical (unpaired) electrons. The molecule has 4 heteroatoms. The predicted octanol–water partition coefficient (Wildman–Crippen LogP) is 2.78. The molecule has 0 saturated heterocycles. The van der Waals surface area contributed by atoms with Crippen molar-refractivity contribution in [1.29, 1.82) is 0 Å². The van der Waals surface area contributed by atoms with Crippen LogP contribution in [-0.2, 0) is 0 Å². The molecule has 0 unspecified atom stereocenters. The van der Waals surface area contributed by atoms with E-state index >= 15 is 0 Å². The zero-order valence-corrected chi connectivity index (χ0v) is 10.2. The second-order valence-corrected chi connectivity index (χ2v) is 4.06. The van der Waals surface area contributed by atoms with Crippen molar-refractivity contribution in [2.75, 3.05) is 5.73 Å². The molecule has 0 amide bonds. The van der Waals surface area contributed by atoms with Gasteiger partial charge in [-0.25, -0.2) is 9.97 Å². The van der Waals surface area contributed by atoms with Crippen molar-refractivity contribution in [3.63, 3.8) is 0 Å². The Kier molecular flexibility index (Phi) is 2.95. The Balaban J connectivity index is 2.31. The minimum absolute atomic E-state index is 0.371. The van der Waals surface area contributed by atoms with Crippen LogP contribution in [0.15, 0.2) is 24.3 Å². The second-order valence-electron chi connectivity index (χ2n) is 4.06. The van der Waals surface area contributed by atoms with Gasteiger partial charge in [-0.2, -0.15) is 0 Å². The third-order valence-electron chi connectivity index (χ3n) is 2.36. The van der Waals surface area contributed by atoms with Crippen LogP contribution in [0.4, 0.5) is 5.69 Å². The van der Waals surface area contributed by atoms with E-state index in [-0.39, 0.29) is 0 Å². The van der Waals surface area contributed by atoms with Crippen LogP contribution in [0, 0.1) is 20.8 Å². The first-order valence-corrected chi connectivity index (χ1v) is 5.41. The number of nitrogens with zero attached hydrogens (tertiary/aromatic N) is 2. The molecule has 0 bridgehead atoms. The number of aryl methyl sites for hydroxylation is 3. The summed E-state index contributed by atoms with van der Waals surface area (Å²) < 4.78 is 5.65. The molecule has 0 aliphatic heterocycles. The van der Waals surface area contributed by atoms with E-state index in [1.807, 2.05) is 39.0 Å². The van der Waals surface area contributed by atoms with Gasteiger partial charge in [0.2, 0.25) is 0 Å². The van der Waals surface area contributed by atoms with E-state index in [0.717, 1.165) is 28.4 Å². The minimum atomic E-state index is 0.371. The fourth-order valence-electron chi connectivity index (χ4n) is 1.62. The largest absolute Gasteiger partial charge is 0.424 e. The van der Waals surface area contributed by atoms with Gasteiger partial charge >= 0.3 is 6.01 Å². The average Bonchev–Trinajstić information content (AvgIpc) is 2.21. The molecule has 88 valence electrons. The van der Waals surface area contributed by atoms with Gasteiger partial charge in [-0.1, -0.05) is 0 Å². The molecular weight excluding hydrogens is 214 g/mol. The number of hydrogen-bond donors (Lipinski definition) is 1. The van der Waals surface area contributed by atoms with Gasteiger partial charge in [0.1, 0.15) is 5.75 Å². The van der Waals surface area contributed by atoms with Crippen LogP contribution in [0.5, 0.6) is 11.8 Å². The van der Waals surface area contributed by atoms with Crippen LogP contribution in [0.1, 0.15) is 17.0 Å². The van der Waals surface area contributed by atoms with E-state index in [0.29, 0.717) is 6.01 Å². The van der Waals surface area contributed by atoms with E-state index < -0.39 is 0 Å². The summed E-state index contributed by atoms with van der Waals surface area (Å²) >= 11 is 0. The molecular formula is C13H15N3O. The molecule has 0 spiro atoms. The maximum Gasteiger partial charge on any atom is 0.322 e. The number of hydrogen-bond acceptors (Lipinski definition) is 4. The lowest BCUT2D eigenvalue weighted by Gasteiger charge is -2.08. The highest BCUT2D eigenvalue weighted by molar-refractivity contribution is 5.47. The second kappa shape index (κ2) is 4.41. The number of aromatic nitrogens is 2. The summed E-state index contributed by atoms with van der Waals surface area (Å²) in [4.78, 5) is 8.46. The first kappa shape index (κ1) is 11.4. The summed E-state index contributed by atoms with van der Waals surface area (Å²) in [6.45, 7) is 5.77. The zero-order chi connectivity index (χ0) is 12.4. The third kappa shape index (κ3) is 2.72. The predicted molar refractivity (Wildman–Crippen MR) is 67.2 cm³/mol. The SMILES string of the molecule is Cc1cc(C)nc(Oc2ccc(N)cc2C)n1.